The summed E-state index contributed by atoms with van der Waals surface area (Å²) in [5.74, 6) is -0.367. The molecule has 0 aromatic heterocycles. The van der Waals surface area contributed by atoms with Crippen LogP contribution in [0, 0.1) is 0 Å². The van der Waals surface area contributed by atoms with Gasteiger partial charge in [0, 0.05) is 13.0 Å². The van der Waals surface area contributed by atoms with E-state index in [-0.39, 0.29) is 25.6 Å². The van der Waals surface area contributed by atoms with E-state index in [0.717, 1.165) is 44.9 Å². The number of carbonyl (C=O) groups is 1. The number of rotatable bonds is 49. The minimum Gasteiger partial charge on any atom is -0.457 e. The molecule has 11 unspecified atom stereocenters. The van der Waals surface area contributed by atoms with Gasteiger partial charge in [0.15, 0.2) is 12.6 Å². The van der Waals surface area contributed by atoms with Crippen molar-refractivity contribution in [3.05, 3.63) is 0 Å². The molecule has 2 heterocycles. The monoisotopic (exact) mass is 1020 g/mol. The SMILES string of the molecule is CCCCCCCCCCCCCCCCCCCCCCC(=O)OC(COCCCCCCCCCCCCCCCCCCC)COC1OC(COC2OC(CO)C(O)C(O)C2O)C(O)C(O)C1O. The van der Waals surface area contributed by atoms with Crippen LogP contribution < -0.4 is 0 Å². The third-order valence-electron chi connectivity index (χ3n) is 14.6. The Kier molecular flexibility index (Phi) is 42.1. The smallest absolute Gasteiger partial charge is 0.306 e. The number of hydrogen-bond acceptors (Lipinski definition) is 14. The lowest BCUT2D eigenvalue weighted by Crippen LogP contribution is -2.61. The maximum atomic E-state index is 13.1. The number of hydrogen-bond donors (Lipinski definition) is 7. The normalized spacial score (nSPS) is 25.2. The number of aliphatic hydroxyl groups is 7. The first kappa shape index (κ1) is 66.1. The highest BCUT2D eigenvalue weighted by atomic mass is 16.7. The van der Waals surface area contributed by atoms with Gasteiger partial charge in [-0.05, 0) is 12.8 Å². The van der Waals surface area contributed by atoms with Gasteiger partial charge in [-0.2, -0.15) is 0 Å². The maximum absolute atomic E-state index is 13.1. The molecule has 2 aliphatic rings. The summed E-state index contributed by atoms with van der Waals surface area (Å²) in [7, 11) is 0. The summed E-state index contributed by atoms with van der Waals surface area (Å²) in [6.07, 6.45) is 31.6. The fourth-order valence-corrected chi connectivity index (χ4v) is 9.82. The first-order valence-electron chi connectivity index (χ1n) is 29.6. The second-order valence-corrected chi connectivity index (χ2v) is 21.2. The predicted octanol–water partition coefficient (Wildman–Crippen LogP) is 10.4. The number of aliphatic hydroxyl groups excluding tert-OH is 7. The van der Waals surface area contributed by atoms with Crippen molar-refractivity contribution in [1.29, 1.82) is 0 Å². The first-order chi connectivity index (χ1) is 34.6. The predicted molar refractivity (Wildman–Crippen MR) is 280 cm³/mol. The molecule has 0 radical (unpaired) electrons. The molecule has 14 nitrogen and oxygen atoms in total. The Bertz CT molecular complexity index is 1180. The van der Waals surface area contributed by atoms with Gasteiger partial charge in [-0.15, -0.1) is 0 Å². The number of unbranched alkanes of at least 4 members (excludes halogenated alkanes) is 35. The zero-order valence-electron chi connectivity index (χ0n) is 45.2. The van der Waals surface area contributed by atoms with Gasteiger partial charge in [0.2, 0.25) is 0 Å². The summed E-state index contributed by atoms with van der Waals surface area (Å²) in [4.78, 5) is 13.1. The molecule has 0 amide bonds. The van der Waals surface area contributed by atoms with E-state index < -0.39 is 80.7 Å². The molecule has 11 atom stereocenters. The van der Waals surface area contributed by atoms with Crippen molar-refractivity contribution in [3.8, 4) is 0 Å². The highest BCUT2D eigenvalue weighted by Crippen LogP contribution is 2.27. The topological polar surface area (TPSA) is 214 Å². The van der Waals surface area contributed by atoms with Gasteiger partial charge in [0.1, 0.15) is 54.9 Å². The average molecular weight is 1020 g/mol. The fraction of sp³-hybridized carbons (Fsp3) is 0.982. The summed E-state index contributed by atoms with van der Waals surface area (Å²) < 4.78 is 34.4. The van der Waals surface area contributed by atoms with E-state index in [0.29, 0.717) is 6.61 Å². The molecular weight excluding hydrogens is 909 g/mol. The molecule has 0 aromatic carbocycles. The van der Waals surface area contributed by atoms with E-state index in [4.69, 9.17) is 28.4 Å². The van der Waals surface area contributed by atoms with Gasteiger partial charge >= 0.3 is 5.97 Å². The third-order valence-corrected chi connectivity index (χ3v) is 14.6. The van der Waals surface area contributed by atoms with Gasteiger partial charge in [-0.1, -0.05) is 239 Å². The Balaban J connectivity index is 1.70. The summed E-state index contributed by atoms with van der Waals surface area (Å²) in [6.45, 7) is 3.77. The van der Waals surface area contributed by atoms with Gasteiger partial charge in [0.25, 0.3) is 0 Å². The molecule has 2 saturated heterocycles. The van der Waals surface area contributed by atoms with Crippen molar-refractivity contribution >= 4 is 5.97 Å². The fourth-order valence-electron chi connectivity index (χ4n) is 9.82. The van der Waals surface area contributed by atoms with Crippen LogP contribution in [0.25, 0.3) is 0 Å². The van der Waals surface area contributed by atoms with Crippen LogP contribution >= 0.6 is 0 Å². The van der Waals surface area contributed by atoms with Gasteiger partial charge in [-0.3, -0.25) is 4.79 Å². The number of esters is 1. The van der Waals surface area contributed by atoms with E-state index in [1.54, 1.807) is 0 Å². The molecule has 422 valence electrons. The number of ether oxygens (including phenoxy) is 6. The highest BCUT2D eigenvalue weighted by Gasteiger charge is 2.47. The Morgan fingerprint density at radius 1 is 0.408 bits per heavy atom. The summed E-state index contributed by atoms with van der Waals surface area (Å²) in [5.41, 5.74) is 0. The van der Waals surface area contributed by atoms with E-state index >= 15 is 0 Å². The second kappa shape index (κ2) is 45.2. The molecule has 0 bridgehead atoms. The average Bonchev–Trinajstić information content (AvgIpc) is 3.37. The molecule has 2 aliphatic heterocycles. The zero-order chi connectivity index (χ0) is 51.6. The quantitative estimate of drug-likeness (QED) is 0.0223. The standard InChI is InChI=1S/C57H110O14/c1-3-5-7-9-11-13-15-17-19-21-22-23-24-26-28-30-32-34-36-38-40-49(59)69-46(43-66-41-39-37-35-33-31-29-27-25-20-18-16-14-12-10-8-6-4-2)44-67-56-55(65)53(63)51(61)48(71-56)45-68-57-54(64)52(62)50(60)47(42-58)70-57/h46-48,50-58,60-65H,3-45H2,1-2H3. The van der Waals surface area contributed by atoms with Crippen LogP contribution in [-0.4, -0.2) is 142 Å². The lowest BCUT2D eigenvalue weighted by atomic mass is 9.98. The van der Waals surface area contributed by atoms with Crippen LogP contribution in [0.2, 0.25) is 0 Å². The van der Waals surface area contributed by atoms with Crippen LogP contribution in [-0.2, 0) is 33.2 Å². The molecule has 0 spiro atoms. The number of carbonyl (C=O) groups excluding carboxylic acids is 1. The highest BCUT2D eigenvalue weighted by molar-refractivity contribution is 5.69. The third kappa shape index (κ3) is 32.2. The minimum absolute atomic E-state index is 0.0709. The largest absolute Gasteiger partial charge is 0.457 e. The van der Waals surface area contributed by atoms with Crippen molar-refractivity contribution in [2.45, 2.75) is 325 Å². The lowest BCUT2D eigenvalue weighted by molar-refractivity contribution is -0.332. The Labute approximate surface area is 432 Å². The molecule has 0 aromatic rings. The van der Waals surface area contributed by atoms with Crippen molar-refractivity contribution in [1.82, 2.24) is 0 Å². The lowest BCUT2D eigenvalue weighted by Gasteiger charge is -2.42. The van der Waals surface area contributed by atoms with Crippen LogP contribution in [0.1, 0.15) is 258 Å². The van der Waals surface area contributed by atoms with Gasteiger partial charge < -0.3 is 64.2 Å². The van der Waals surface area contributed by atoms with Crippen molar-refractivity contribution in [2.24, 2.45) is 0 Å². The van der Waals surface area contributed by atoms with E-state index in [2.05, 4.69) is 13.8 Å². The first-order valence-corrected chi connectivity index (χ1v) is 29.6. The van der Waals surface area contributed by atoms with Crippen LogP contribution in [0.4, 0.5) is 0 Å². The van der Waals surface area contributed by atoms with Crippen molar-refractivity contribution in [2.75, 3.05) is 33.0 Å². The Morgan fingerprint density at radius 3 is 1.14 bits per heavy atom. The summed E-state index contributed by atoms with van der Waals surface area (Å²) in [6, 6.07) is 0. The summed E-state index contributed by atoms with van der Waals surface area (Å²) >= 11 is 0. The molecule has 7 N–H and O–H groups in total. The van der Waals surface area contributed by atoms with Crippen molar-refractivity contribution < 1.29 is 69.0 Å². The second-order valence-electron chi connectivity index (χ2n) is 21.2. The Morgan fingerprint density at radius 2 is 0.746 bits per heavy atom. The van der Waals surface area contributed by atoms with Crippen LogP contribution in [0.15, 0.2) is 0 Å². The molecular formula is C57H110O14. The summed E-state index contributed by atoms with van der Waals surface area (Å²) in [5, 5.41) is 72.3. The van der Waals surface area contributed by atoms with Gasteiger partial charge in [-0.25, -0.2) is 0 Å². The molecule has 0 aliphatic carbocycles. The molecule has 0 saturated carbocycles. The van der Waals surface area contributed by atoms with Gasteiger partial charge in [0.05, 0.1) is 26.4 Å². The minimum atomic E-state index is -1.70. The maximum Gasteiger partial charge on any atom is 0.306 e. The van der Waals surface area contributed by atoms with E-state index in [9.17, 15) is 40.5 Å². The van der Waals surface area contributed by atoms with E-state index in [1.165, 1.54) is 193 Å². The molecule has 71 heavy (non-hydrogen) atoms. The molecule has 14 heteroatoms. The molecule has 2 fully saturated rings. The van der Waals surface area contributed by atoms with Crippen molar-refractivity contribution in [3.63, 3.8) is 0 Å². The zero-order valence-corrected chi connectivity index (χ0v) is 45.2. The van der Waals surface area contributed by atoms with Crippen LogP contribution in [0.3, 0.4) is 0 Å². The molecule has 2 rings (SSSR count). The Hall–Kier alpha value is -1.01. The van der Waals surface area contributed by atoms with E-state index in [1.807, 2.05) is 0 Å². The van der Waals surface area contributed by atoms with Crippen LogP contribution in [0.5, 0.6) is 0 Å².